The molecule has 0 saturated carbocycles. The van der Waals surface area contributed by atoms with Gasteiger partial charge in [-0.05, 0) is 46.1 Å². The summed E-state index contributed by atoms with van der Waals surface area (Å²) in [6.07, 6.45) is 0.354. The molecule has 1 saturated heterocycles. The molecule has 0 unspecified atom stereocenters. The average molecular weight is 347 g/mol. The molecular weight excluding hydrogens is 318 g/mol. The number of hydrogen-bond donors (Lipinski definition) is 1. The van der Waals surface area contributed by atoms with Crippen LogP contribution in [0, 0.1) is 5.41 Å². The molecule has 1 N–H and O–H groups in total. The van der Waals surface area contributed by atoms with E-state index >= 15 is 0 Å². The fourth-order valence-corrected chi connectivity index (χ4v) is 3.27. The highest BCUT2D eigenvalue weighted by Crippen LogP contribution is 2.36. The Morgan fingerprint density at radius 3 is 2.48 bits per heavy atom. The summed E-state index contributed by atoms with van der Waals surface area (Å²) in [5.74, 6) is -0.384. The molecule has 2 rings (SSSR count). The number of carbonyl (C=O) groups excluding carboxylic acids is 2. The molecular formula is C20H29NO4. The molecule has 2 atom stereocenters. The third-order valence-corrected chi connectivity index (χ3v) is 5.10. The van der Waals surface area contributed by atoms with Gasteiger partial charge in [-0.1, -0.05) is 43.7 Å². The van der Waals surface area contributed by atoms with Gasteiger partial charge in [-0.15, -0.1) is 0 Å². The van der Waals surface area contributed by atoms with E-state index in [1.807, 2.05) is 51.1 Å². The zero-order chi connectivity index (χ0) is 18.8. The zero-order valence-corrected chi connectivity index (χ0v) is 15.8. The average Bonchev–Trinajstić information content (AvgIpc) is 2.76. The van der Waals surface area contributed by atoms with E-state index in [1.54, 1.807) is 13.8 Å². The lowest BCUT2D eigenvalue weighted by Crippen LogP contribution is -2.53. The molecule has 0 aromatic heterocycles. The van der Waals surface area contributed by atoms with Crippen molar-refractivity contribution < 1.29 is 19.4 Å². The van der Waals surface area contributed by atoms with Crippen molar-refractivity contribution in [1.82, 2.24) is 4.90 Å². The van der Waals surface area contributed by atoms with Crippen LogP contribution < -0.4 is 0 Å². The second-order valence-electron chi connectivity index (χ2n) is 7.88. The predicted octanol–water partition coefficient (Wildman–Crippen LogP) is 3.54. The Hall–Kier alpha value is -1.88. The molecule has 1 aliphatic heterocycles. The number of imide groups is 1. The Kier molecular flexibility index (Phi) is 5.57. The summed E-state index contributed by atoms with van der Waals surface area (Å²) >= 11 is 0. The van der Waals surface area contributed by atoms with Crippen LogP contribution in [0.4, 0.5) is 4.79 Å². The van der Waals surface area contributed by atoms with Gasteiger partial charge in [0, 0.05) is 0 Å². The number of amides is 2. The number of ether oxygens (including phenoxy) is 1. The van der Waals surface area contributed by atoms with Gasteiger partial charge in [-0.2, -0.15) is 0 Å². The monoisotopic (exact) mass is 347 g/mol. The number of carbonyl (C=O) groups is 2. The summed E-state index contributed by atoms with van der Waals surface area (Å²) in [7, 11) is 0. The number of aliphatic hydroxyl groups excluding tert-OH is 1. The highest BCUT2D eigenvalue weighted by Gasteiger charge is 2.54. The van der Waals surface area contributed by atoms with E-state index in [0.717, 1.165) is 12.0 Å². The van der Waals surface area contributed by atoms with E-state index in [2.05, 4.69) is 0 Å². The maximum atomic E-state index is 13.1. The van der Waals surface area contributed by atoms with Crippen molar-refractivity contribution >= 4 is 12.0 Å². The molecule has 1 fully saturated rings. The molecule has 0 aliphatic carbocycles. The van der Waals surface area contributed by atoms with E-state index in [4.69, 9.17) is 4.74 Å². The smallest absolute Gasteiger partial charge is 0.417 e. The normalized spacial score (nSPS) is 21.1. The van der Waals surface area contributed by atoms with Crippen LogP contribution in [-0.2, 0) is 16.0 Å². The minimum atomic E-state index is -1.05. The highest BCUT2D eigenvalue weighted by molar-refractivity contribution is 5.97. The molecule has 138 valence electrons. The lowest BCUT2D eigenvalue weighted by molar-refractivity contribution is -0.145. The van der Waals surface area contributed by atoms with Gasteiger partial charge in [-0.3, -0.25) is 4.79 Å². The lowest BCUT2D eigenvalue weighted by Gasteiger charge is -2.35. The first kappa shape index (κ1) is 19.4. The first-order valence-corrected chi connectivity index (χ1v) is 8.90. The highest BCUT2D eigenvalue weighted by atomic mass is 16.6. The van der Waals surface area contributed by atoms with Gasteiger partial charge in [0.1, 0.15) is 5.60 Å². The van der Waals surface area contributed by atoms with Crippen molar-refractivity contribution in [1.29, 1.82) is 0 Å². The maximum Gasteiger partial charge on any atom is 0.417 e. The fourth-order valence-electron chi connectivity index (χ4n) is 3.27. The van der Waals surface area contributed by atoms with Gasteiger partial charge in [-0.25, -0.2) is 9.69 Å². The van der Waals surface area contributed by atoms with Crippen LogP contribution >= 0.6 is 0 Å². The molecule has 1 aliphatic rings. The van der Waals surface area contributed by atoms with Gasteiger partial charge in [0.15, 0.2) is 0 Å². The first-order valence-electron chi connectivity index (χ1n) is 8.90. The Morgan fingerprint density at radius 1 is 1.32 bits per heavy atom. The summed E-state index contributed by atoms with van der Waals surface area (Å²) in [5.41, 5.74) is -0.803. The number of benzene rings is 1. The summed E-state index contributed by atoms with van der Waals surface area (Å²) in [6, 6.07) is 9.32. The third-order valence-electron chi connectivity index (χ3n) is 5.10. The van der Waals surface area contributed by atoms with Crippen molar-refractivity contribution in [3.8, 4) is 0 Å². The quantitative estimate of drug-likeness (QED) is 0.855. The van der Waals surface area contributed by atoms with Crippen molar-refractivity contribution in [2.45, 2.75) is 71.6 Å². The second kappa shape index (κ2) is 7.16. The number of cyclic esters (lactones) is 1. The standard InChI is InChI=1S/C20H29NO4/c1-6-10-16(22)19(2,3)17(23)21-15(20(4,5)25-18(21)24)13-14-11-8-7-9-12-14/h7-9,11-12,15-16,22H,6,10,13H2,1-5H3/t15-,16-/m1/s1. The number of rotatable bonds is 6. The molecule has 1 heterocycles. The van der Waals surface area contributed by atoms with Crippen molar-refractivity contribution in [2.24, 2.45) is 5.41 Å². The molecule has 1 aromatic rings. The van der Waals surface area contributed by atoms with E-state index < -0.39 is 29.3 Å². The Labute approximate surface area is 150 Å². The van der Waals surface area contributed by atoms with Crippen LogP contribution in [0.25, 0.3) is 0 Å². The van der Waals surface area contributed by atoms with Crippen LogP contribution in [0.2, 0.25) is 0 Å². The van der Waals surface area contributed by atoms with E-state index in [-0.39, 0.29) is 5.91 Å². The Morgan fingerprint density at radius 2 is 1.92 bits per heavy atom. The minimum Gasteiger partial charge on any atom is -0.441 e. The summed E-state index contributed by atoms with van der Waals surface area (Å²) in [5, 5.41) is 10.4. The third kappa shape index (κ3) is 3.87. The predicted molar refractivity (Wildman–Crippen MR) is 96.0 cm³/mol. The van der Waals surface area contributed by atoms with Crippen molar-refractivity contribution in [3.63, 3.8) is 0 Å². The fraction of sp³-hybridized carbons (Fsp3) is 0.600. The van der Waals surface area contributed by atoms with Crippen molar-refractivity contribution in [2.75, 3.05) is 0 Å². The molecule has 0 bridgehead atoms. The molecule has 5 heteroatoms. The van der Waals surface area contributed by atoms with Crippen LogP contribution in [-0.4, -0.2) is 39.8 Å². The van der Waals surface area contributed by atoms with Gasteiger partial charge < -0.3 is 9.84 Å². The molecule has 0 spiro atoms. The SMILES string of the molecule is CCC[C@@H](O)C(C)(C)C(=O)N1C(=O)OC(C)(C)[C@H]1Cc1ccccc1. The first-order chi connectivity index (χ1) is 11.6. The van der Waals surface area contributed by atoms with Gasteiger partial charge in [0.25, 0.3) is 0 Å². The zero-order valence-electron chi connectivity index (χ0n) is 15.8. The Bertz CT molecular complexity index is 624. The van der Waals surface area contributed by atoms with Crippen LogP contribution in [0.1, 0.15) is 53.0 Å². The van der Waals surface area contributed by atoms with E-state index in [0.29, 0.717) is 12.8 Å². The van der Waals surface area contributed by atoms with Crippen LogP contribution in [0.5, 0.6) is 0 Å². The number of aliphatic hydroxyl groups is 1. The Balaban J connectivity index is 2.32. The van der Waals surface area contributed by atoms with Gasteiger partial charge >= 0.3 is 6.09 Å². The molecule has 2 amide bonds. The minimum absolute atomic E-state index is 0.384. The van der Waals surface area contributed by atoms with Crippen molar-refractivity contribution in [3.05, 3.63) is 35.9 Å². The van der Waals surface area contributed by atoms with Gasteiger partial charge in [0.05, 0.1) is 17.6 Å². The number of nitrogens with zero attached hydrogens (tertiary/aromatic N) is 1. The summed E-state index contributed by atoms with van der Waals surface area (Å²) < 4.78 is 5.49. The van der Waals surface area contributed by atoms with E-state index in [9.17, 15) is 14.7 Å². The molecule has 0 radical (unpaired) electrons. The summed E-state index contributed by atoms with van der Waals surface area (Å²) in [6.45, 7) is 8.97. The van der Waals surface area contributed by atoms with E-state index in [1.165, 1.54) is 4.90 Å². The topological polar surface area (TPSA) is 66.8 Å². The van der Waals surface area contributed by atoms with Gasteiger partial charge in [0.2, 0.25) is 5.91 Å². The molecule has 1 aromatic carbocycles. The maximum absolute atomic E-state index is 13.1. The molecule has 25 heavy (non-hydrogen) atoms. The lowest BCUT2D eigenvalue weighted by atomic mass is 9.81. The molecule has 5 nitrogen and oxygen atoms in total. The van der Waals surface area contributed by atoms with Crippen LogP contribution in [0.3, 0.4) is 0 Å². The largest absolute Gasteiger partial charge is 0.441 e. The summed E-state index contributed by atoms with van der Waals surface area (Å²) in [4.78, 5) is 26.8. The second-order valence-corrected chi connectivity index (χ2v) is 7.88. The number of hydrogen-bond acceptors (Lipinski definition) is 4. The van der Waals surface area contributed by atoms with Crippen LogP contribution in [0.15, 0.2) is 30.3 Å².